The van der Waals surface area contributed by atoms with E-state index in [4.69, 9.17) is 9.47 Å². The van der Waals surface area contributed by atoms with Crippen LogP contribution in [0.25, 0.3) is 0 Å². The predicted octanol–water partition coefficient (Wildman–Crippen LogP) is 1.23. The summed E-state index contributed by atoms with van der Waals surface area (Å²) in [6, 6.07) is 0. The summed E-state index contributed by atoms with van der Waals surface area (Å²) in [6.45, 7) is 6.34. The summed E-state index contributed by atoms with van der Waals surface area (Å²) in [5, 5.41) is 2.48. The highest BCUT2D eigenvalue weighted by Gasteiger charge is 2.43. The number of likely N-dealkylation sites (tertiary alicyclic amines) is 1. The first-order valence-corrected chi connectivity index (χ1v) is 6.25. The number of amides is 1. The van der Waals surface area contributed by atoms with Crippen molar-refractivity contribution in [1.82, 2.24) is 10.2 Å². The molecule has 2 atom stereocenters. The predicted molar refractivity (Wildman–Crippen MR) is 66.1 cm³/mol. The van der Waals surface area contributed by atoms with Crippen LogP contribution in [0.3, 0.4) is 0 Å². The van der Waals surface area contributed by atoms with Gasteiger partial charge in [-0.25, -0.2) is 4.79 Å². The maximum absolute atomic E-state index is 11.2. The molecule has 0 bridgehead atoms. The third-order valence-electron chi connectivity index (χ3n) is 3.61. The lowest BCUT2D eigenvalue weighted by Gasteiger charge is -2.34. The SMILES string of the molecule is CCOCC1(CC)CC(OC(=O)NC)CN1C. The Balaban J connectivity index is 2.59. The molecule has 1 saturated heterocycles. The van der Waals surface area contributed by atoms with Crippen molar-refractivity contribution in [2.75, 3.05) is 33.9 Å². The molecule has 5 nitrogen and oxygen atoms in total. The molecular formula is C12H24N2O3. The van der Waals surface area contributed by atoms with Crippen LogP contribution in [0, 0.1) is 0 Å². The maximum Gasteiger partial charge on any atom is 0.407 e. The maximum atomic E-state index is 11.2. The second-order valence-electron chi connectivity index (χ2n) is 4.58. The molecule has 1 fully saturated rings. The van der Waals surface area contributed by atoms with E-state index in [0.29, 0.717) is 6.61 Å². The number of hydrogen-bond acceptors (Lipinski definition) is 4. The van der Waals surface area contributed by atoms with E-state index < -0.39 is 0 Å². The molecule has 1 aliphatic heterocycles. The highest BCUT2D eigenvalue weighted by atomic mass is 16.6. The Morgan fingerprint density at radius 3 is 2.76 bits per heavy atom. The van der Waals surface area contributed by atoms with E-state index in [2.05, 4.69) is 24.2 Å². The van der Waals surface area contributed by atoms with Crippen molar-refractivity contribution >= 4 is 6.09 Å². The van der Waals surface area contributed by atoms with Crippen LogP contribution in [0.2, 0.25) is 0 Å². The molecule has 1 N–H and O–H groups in total. The van der Waals surface area contributed by atoms with Gasteiger partial charge in [0, 0.05) is 32.2 Å². The van der Waals surface area contributed by atoms with Crippen molar-refractivity contribution in [3.8, 4) is 0 Å². The van der Waals surface area contributed by atoms with Crippen molar-refractivity contribution in [3.63, 3.8) is 0 Å². The van der Waals surface area contributed by atoms with Gasteiger partial charge in [0.05, 0.1) is 6.61 Å². The molecule has 100 valence electrons. The lowest BCUT2D eigenvalue weighted by atomic mass is 9.93. The number of nitrogens with zero attached hydrogens (tertiary/aromatic N) is 1. The zero-order valence-corrected chi connectivity index (χ0v) is 11.3. The summed E-state index contributed by atoms with van der Waals surface area (Å²) >= 11 is 0. The molecule has 0 aromatic rings. The smallest absolute Gasteiger partial charge is 0.407 e. The zero-order valence-electron chi connectivity index (χ0n) is 11.3. The van der Waals surface area contributed by atoms with Crippen LogP contribution in [0.5, 0.6) is 0 Å². The normalized spacial score (nSPS) is 29.3. The Kier molecular flexibility index (Phi) is 5.21. The molecule has 1 aliphatic rings. The van der Waals surface area contributed by atoms with Crippen LogP contribution >= 0.6 is 0 Å². The van der Waals surface area contributed by atoms with Crippen LogP contribution in [-0.4, -0.2) is 56.5 Å². The molecule has 1 amide bonds. The summed E-state index contributed by atoms with van der Waals surface area (Å²) in [5.74, 6) is 0. The molecule has 0 radical (unpaired) electrons. The van der Waals surface area contributed by atoms with Gasteiger partial charge in [-0.1, -0.05) is 6.92 Å². The fourth-order valence-corrected chi connectivity index (χ4v) is 2.41. The minimum absolute atomic E-state index is 0.00863. The number of ether oxygens (including phenoxy) is 2. The van der Waals surface area contributed by atoms with Crippen molar-refractivity contribution < 1.29 is 14.3 Å². The first-order valence-electron chi connectivity index (χ1n) is 6.25. The number of carbonyl (C=O) groups excluding carboxylic acids is 1. The Morgan fingerprint density at radius 2 is 2.24 bits per heavy atom. The lowest BCUT2D eigenvalue weighted by Crippen LogP contribution is -2.44. The van der Waals surface area contributed by atoms with Crippen LogP contribution in [0.15, 0.2) is 0 Å². The van der Waals surface area contributed by atoms with Gasteiger partial charge in [-0.15, -0.1) is 0 Å². The Bertz CT molecular complexity index is 260. The minimum Gasteiger partial charge on any atom is -0.445 e. The number of carbonyl (C=O) groups is 1. The van der Waals surface area contributed by atoms with E-state index in [-0.39, 0.29) is 17.7 Å². The quantitative estimate of drug-likeness (QED) is 0.790. The van der Waals surface area contributed by atoms with E-state index in [1.165, 1.54) is 0 Å². The van der Waals surface area contributed by atoms with Gasteiger partial charge in [0.1, 0.15) is 6.10 Å². The van der Waals surface area contributed by atoms with Crippen LogP contribution in [0.4, 0.5) is 4.79 Å². The first kappa shape index (κ1) is 14.3. The first-order chi connectivity index (χ1) is 8.07. The van der Waals surface area contributed by atoms with Gasteiger partial charge < -0.3 is 14.8 Å². The van der Waals surface area contributed by atoms with Crippen molar-refractivity contribution in [3.05, 3.63) is 0 Å². The van der Waals surface area contributed by atoms with Gasteiger partial charge in [-0.2, -0.15) is 0 Å². The third kappa shape index (κ3) is 3.33. The zero-order chi connectivity index (χ0) is 12.9. The number of rotatable bonds is 5. The minimum atomic E-state index is -0.355. The molecular weight excluding hydrogens is 220 g/mol. The highest BCUT2D eigenvalue weighted by Crippen LogP contribution is 2.33. The summed E-state index contributed by atoms with van der Waals surface area (Å²) in [5.41, 5.74) is 0.00863. The molecule has 0 aliphatic carbocycles. The van der Waals surface area contributed by atoms with Gasteiger partial charge in [-0.05, 0) is 20.4 Å². The topological polar surface area (TPSA) is 50.8 Å². The van der Waals surface area contributed by atoms with Crippen molar-refractivity contribution in [2.45, 2.75) is 38.3 Å². The van der Waals surface area contributed by atoms with Gasteiger partial charge in [-0.3, -0.25) is 4.90 Å². The van der Waals surface area contributed by atoms with Gasteiger partial charge in [0.2, 0.25) is 0 Å². The highest BCUT2D eigenvalue weighted by molar-refractivity contribution is 5.66. The van der Waals surface area contributed by atoms with Crippen molar-refractivity contribution in [2.24, 2.45) is 0 Å². The van der Waals surface area contributed by atoms with Gasteiger partial charge in [0.25, 0.3) is 0 Å². The van der Waals surface area contributed by atoms with E-state index >= 15 is 0 Å². The lowest BCUT2D eigenvalue weighted by molar-refractivity contribution is 0.0275. The number of hydrogen-bond donors (Lipinski definition) is 1. The fraction of sp³-hybridized carbons (Fsp3) is 0.917. The van der Waals surface area contributed by atoms with Crippen molar-refractivity contribution in [1.29, 1.82) is 0 Å². The van der Waals surface area contributed by atoms with E-state index in [1.54, 1.807) is 7.05 Å². The van der Waals surface area contributed by atoms with Gasteiger partial charge in [0.15, 0.2) is 0 Å². The number of nitrogens with one attached hydrogen (secondary N) is 1. The molecule has 2 unspecified atom stereocenters. The number of likely N-dealkylation sites (N-methyl/N-ethyl adjacent to an activating group) is 1. The van der Waals surface area contributed by atoms with E-state index in [9.17, 15) is 4.79 Å². The largest absolute Gasteiger partial charge is 0.445 e. The second-order valence-corrected chi connectivity index (χ2v) is 4.58. The average Bonchev–Trinajstić information content (AvgIpc) is 2.63. The van der Waals surface area contributed by atoms with Crippen LogP contribution in [0.1, 0.15) is 26.7 Å². The fourth-order valence-electron chi connectivity index (χ4n) is 2.41. The van der Waals surface area contributed by atoms with Gasteiger partial charge >= 0.3 is 6.09 Å². The third-order valence-corrected chi connectivity index (χ3v) is 3.61. The number of alkyl carbamates (subject to hydrolysis) is 1. The molecule has 0 aromatic heterocycles. The molecule has 1 heterocycles. The standard InChI is InChI=1S/C12H24N2O3/c1-5-12(9-16-6-2)7-10(8-14(12)4)17-11(15)13-3/h10H,5-9H2,1-4H3,(H,13,15). The summed E-state index contributed by atoms with van der Waals surface area (Å²) in [7, 11) is 3.64. The molecule has 0 saturated carbocycles. The molecule has 5 heteroatoms. The Morgan fingerprint density at radius 1 is 1.53 bits per heavy atom. The second kappa shape index (κ2) is 6.21. The van der Waals surface area contributed by atoms with Crippen LogP contribution < -0.4 is 5.32 Å². The van der Waals surface area contributed by atoms with Crippen LogP contribution in [-0.2, 0) is 9.47 Å². The molecule has 17 heavy (non-hydrogen) atoms. The van der Waals surface area contributed by atoms with E-state index in [1.807, 2.05) is 6.92 Å². The average molecular weight is 244 g/mol. The Labute approximate surface area is 103 Å². The summed E-state index contributed by atoms with van der Waals surface area (Å²) in [4.78, 5) is 13.5. The summed E-state index contributed by atoms with van der Waals surface area (Å²) in [6.07, 6.45) is 1.44. The van der Waals surface area contributed by atoms with E-state index in [0.717, 1.165) is 26.0 Å². The molecule has 0 aromatic carbocycles. The summed E-state index contributed by atoms with van der Waals surface area (Å²) < 4.78 is 10.9. The Hall–Kier alpha value is -0.810. The monoisotopic (exact) mass is 244 g/mol. The molecule has 1 rings (SSSR count). The molecule has 0 spiro atoms.